The van der Waals surface area contributed by atoms with Crippen LogP contribution in [-0.2, 0) is 9.59 Å². The highest BCUT2D eigenvalue weighted by molar-refractivity contribution is 8.00. The predicted octanol–water partition coefficient (Wildman–Crippen LogP) is -0.927. The molecular formula is C9H17N3O2S. The Labute approximate surface area is 93.5 Å². The van der Waals surface area contributed by atoms with E-state index < -0.39 is 0 Å². The number of hydrogen-bond acceptors (Lipinski definition) is 4. The van der Waals surface area contributed by atoms with Crippen molar-refractivity contribution in [2.24, 2.45) is 5.73 Å². The monoisotopic (exact) mass is 231 g/mol. The fraction of sp³-hybridized carbons (Fsp3) is 0.778. The van der Waals surface area contributed by atoms with Gasteiger partial charge in [-0.05, 0) is 18.6 Å². The first-order chi connectivity index (χ1) is 7.22. The lowest BCUT2D eigenvalue weighted by atomic mass is 10.2. The lowest BCUT2D eigenvalue weighted by Crippen LogP contribution is -2.41. The predicted molar refractivity (Wildman–Crippen MR) is 60.6 cm³/mol. The molecule has 0 bridgehead atoms. The van der Waals surface area contributed by atoms with Gasteiger partial charge in [-0.25, -0.2) is 0 Å². The molecule has 0 aliphatic carbocycles. The average molecular weight is 231 g/mol. The molecule has 86 valence electrons. The van der Waals surface area contributed by atoms with E-state index in [0.29, 0.717) is 11.8 Å². The lowest BCUT2D eigenvalue weighted by molar-refractivity contribution is -0.125. The number of hydrogen-bond donors (Lipinski definition) is 3. The van der Waals surface area contributed by atoms with Gasteiger partial charge < -0.3 is 16.4 Å². The third-order valence-corrected chi connectivity index (χ3v) is 3.58. The molecule has 1 rings (SSSR count). The van der Waals surface area contributed by atoms with Gasteiger partial charge in [0.2, 0.25) is 11.8 Å². The van der Waals surface area contributed by atoms with Crippen LogP contribution in [0.15, 0.2) is 0 Å². The van der Waals surface area contributed by atoms with Crippen molar-refractivity contribution in [3.8, 4) is 0 Å². The van der Waals surface area contributed by atoms with Crippen molar-refractivity contribution in [1.82, 2.24) is 10.6 Å². The first-order valence-corrected chi connectivity index (χ1v) is 6.12. The topological polar surface area (TPSA) is 84.2 Å². The van der Waals surface area contributed by atoms with Crippen molar-refractivity contribution in [2.75, 3.05) is 25.4 Å². The molecule has 0 aromatic heterocycles. The summed E-state index contributed by atoms with van der Waals surface area (Å²) in [5.74, 6) is 0.731. The Morgan fingerprint density at radius 1 is 1.33 bits per heavy atom. The highest BCUT2D eigenvalue weighted by Crippen LogP contribution is 2.24. The van der Waals surface area contributed by atoms with E-state index >= 15 is 0 Å². The minimum absolute atomic E-state index is 0.0212. The second kappa shape index (κ2) is 6.68. The number of carbonyl (C=O) groups excluding carboxylic acids is 2. The standard InChI is InChI=1S/C9H17N3O2S/c10-4-8(13)12-6-9(14)11-5-7-2-1-3-15-7/h7H,1-6,10H2,(H,11,14)(H,12,13). The number of nitrogens with two attached hydrogens (primary N) is 1. The molecule has 1 saturated heterocycles. The SMILES string of the molecule is NCC(=O)NCC(=O)NCC1CCCS1. The van der Waals surface area contributed by atoms with Crippen LogP contribution in [-0.4, -0.2) is 42.5 Å². The molecule has 1 atom stereocenters. The molecule has 15 heavy (non-hydrogen) atoms. The third kappa shape index (κ3) is 5.03. The highest BCUT2D eigenvalue weighted by Gasteiger charge is 2.16. The Morgan fingerprint density at radius 2 is 2.13 bits per heavy atom. The average Bonchev–Trinajstić information content (AvgIpc) is 2.75. The van der Waals surface area contributed by atoms with Gasteiger partial charge in [0, 0.05) is 11.8 Å². The Kier molecular flexibility index (Phi) is 5.49. The molecule has 0 radical (unpaired) electrons. The Hall–Kier alpha value is -0.750. The van der Waals surface area contributed by atoms with Gasteiger partial charge in [-0.2, -0.15) is 11.8 Å². The smallest absolute Gasteiger partial charge is 0.239 e. The van der Waals surface area contributed by atoms with E-state index in [1.807, 2.05) is 11.8 Å². The molecule has 0 aromatic rings. The van der Waals surface area contributed by atoms with Crippen LogP contribution in [0.5, 0.6) is 0 Å². The maximum absolute atomic E-state index is 11.2. The molecule has 1 aliphatic heterocycles. The van der Waals surface area contributed by atoms with Gasteiger partial charge in [-0.15, -0.1) is 0 Å². The number of nitrogens with one attached hydrogen (secondary N) is 2. The lowest BCUT2D eigenvalue weighted by Gasteiger charge is -2.10. The number of rotatable bonds is 5. The van der Waals surface area contributed by atoms with Crippen molar-refractivity contribution in [1.29, 1.82) is 0 Å². The van der Waals surface area contributed by atoms with E-state index in [2.05, 4.69) is 10.6 Å². The van der Waals surface area contributed by atoms with Gasteiger partial charge in [0.05, 0.1) is 13.1 Å². The molecule has 1 aliphatic rings. The molecule has 2 amide bonds. The Balaban J connectivity index is 2.05. The maximum atomic E-state index is 11.2. The fourth-order valence-electron chi connectivity index (χ4n) is 1.35. The number of carbonyl (C=O) groups is 2. The number of thioether (sulfide) groups is 1. The summed E-state index contributed by atoms with van der Waals surface area (Å²) in [5, 5.41) is 5.75. The van der Waals surface area contributed by atoms with Crippen LogP contribution >= 0.6 is 11.8 Å². The minimum atomic E-state index is -0.305. The summed E-state index contributed by atoms with van der Waals surface area (Å²) >= 11 is 1.89. The van der Waals surface area contributed by atoms with Gasteiger partial charge in [0.15, 0.2) is 0 Å². The first kappa shape index (κ1) is 12.3. The van der Waals surface area contributed by atoms with E-state index in [1.165, 1.54) is 18.6 Å². The Bertz CT molecular complexity index is 229. The molecule has 5 nitrogen and oxygen atoms in total. The zero-order chi connectivity index (χ0) is 11.1. The van der Waals surface area contributed by atoms with Crippen LogP contribution in [0.3, 0.4) is 0 Å². The summed E-state index contributed by atoms with van der Waals surface area (Å²) in [6.45, 7) is 0.640. The quantitative estimate of drug-likeness (QED) is 0.571. The molecule has 0 saturated carbocycles. The molecular weight excluding hydrogens is 214 g/mol. The van der Waals surface area contributed by atoms with Gasteiger partial charge in [-0.3, -0.25) is 9.59 Å². The van der Waals surface area contributed by atoms with Gasteiger partial charge in [-0.1, -0.05) is 0 Å². The maximum Gasteiger partial charge on any atom is 0.239 e. The Morgan fingerprint density at radius 3 is 2.73 bits per heavy atom. The zero-order valence-corrected chi connectivity index (χ0v) is 9.44. The van der Waals surface area contributed by atoms with Crippen LogP contribution in [0.25, 0.3) is 0 Å². The molecule has 4 N–H and O–H groups in total. The second-order valence-corrected chi connectivity index (χ2v) is 4.83. The summed E-state index contributed by atoms with van der Waals surface area (Å²) in [7, 11) is 0. The van der Waals surface area contributed by atoms with Crippen molar-refractivity contribution in [3.05, 3.63) is 0 Å². The van der Waals surface area contributed by atoms with E-state index in [9.17, 15) is 9.59 Å². The van der Waals surface area contributed by atoms with Gasteiger partial charge in [0.25, 0.3) is 0 Å². The van der Waals surface area contributed by atoms with E-state index in [1.54, 1.807) is 0 Å². The largest absolute Gasteiger partial charge is 0.353 e. The molecule has 0 spiro atoms. The minimum Gasteiger partial charge on any atom is -0.353 e. The van der Waals surface area contributed by atoms with Crippen molar-refractivity contribution < 1.29 is 9.59 Å². The van der Waals surface area contributed by atoms with Crippen LogP contribution in [0.1, 0.15) is 12.8 Å². The van der Waals surface area contributed by atoms with E-state index in [-0.39, 0.29) is 24.9 Å². The summed E-state index contributed by atoms with van der Waals surface area (Å²) in [6, 6.07) is 0. The van der Waals surface area contributed by atoms with Crippen LogP contribution < -0.4 is 16.4 Å². The highest BCUT2D eigenvalue weighted by atomic mass is 32.2. The van der Waals surface area contributed by atoms with E-state index in [0.717, 1.165) is 0 Å². The van der Waals surface area contributed by atoms with Crippen LogP contribution in [0.4, 0.5) is 0 Å². The zero-order valence-electron chi connectivity index (χ0n) is 8.62. The normalized spacial score (nSPS) is 19.9. The van der Waals surface area contributed by atoms with Crippen molar-refractivity contribution >= 4 is 23.6 Å². The van der Waals surface area contributed by atoms with Crippen LogP contribution in [0, 0.1) is 0 Å². The summed E-state index contributed by atoms with van der Waals surface area (Å²) < 4.78 is 0. The molecule has 6 heteroatoms. The summed E-state index contributed by atoms with van der Waals surface area (Å²) in [5.41, 5.74) is 5.08. The fourth-order valence-corrected chi connectivity index (χ4v) is 2.55. The van der Waals surface area contributed by atoms with E-state index in [4.69, 9.17) is 5.73 Å². The van der Waals surface area contributed by atoms with Gasteiger partial charge in [0.1, 0.15) is 0 Å². The summed E-state index contributed by atoms with van der Waals surface area (Å²) in [6.07, 6.45) is 2.40. The van der Waals surface area contributed by atoms with Crippen molar-refractivity contribution in [3.63, 3.8) is 0 Å². The molecule has 1 heterocycles. The third-order valence-electron chi connectivity index (χ3n) is 2.18. The molecule has 1 unspecified atom stereocenters. The molecule has 1 fully saturated rings. The summed E-state index contributed by atoms with van der Waals surface area (Å²) in [4.78, 5) is 22.0. The first-order valence-electron chi connectivity index (χ1n) is 5.07. The number of amides is 2. The van der Waals surface area contributed by atoms with Gasteiger partial charge >= 0.3 is 0 Å². The van der Waals surface area contributed by atoms with Crippen molar-refractivity contribution in [2.45, 2.75) is 18.1 Å². The molecule has 0 aromatic carbocycles. The van der Waals surface area contributed by atoms with Crippen LogP contribution in [0.2, 0.25) is 0 Å². The second-order valence-electron chi connectivity index (χ2n) is 3.42.